The van der Waals surface area contributed by atoms with Crippen LogP contribution in [-0.2, 0) is 77.3 Å². The maximum atomic E-state index is 11.3. The fourth-order valence-electron chi connectivity index (χ4n) is 3.39. The first-order valence-corrected chi connectivity index (χ1v) is 15.2. The Balaban J connectivity index is 2.31. The third kappa shape index (κ3) is 12.4. The Morgan fingerprint density at radius 2 is 1.22 bits per heavy atom. The van der Waals surface area contributed by atoms with Gasteiger partial charge in [0.05, 0.1) is 25.4 Å². The van der Waals surface area contributed by atoms with E-state index in [0.29, 0.717) is 0 Å². The molecule has 220 valence electrons. The van der Waals surface area contributed by atoms with Gasteiger partial charge in [-0.25, -0.2) is 16.7 Å². The molecule has 0 saturated carbocycles. The molecule has 2 aliphatic rings. The average Bonchev–Trinajstić information content (AvgIpc) is 2.70. The number of rotatable bonds is 13. The van der Waals surface area contributed by atoms with Crippen molar-refractivity contribution in [1.29, 1.82) is 0 Å². The van der Waals surface area contributed by atoms with E-state index in [1.165, 1.54) is 0 Å². The second-order valence-electron chi connectivity index (χ2n) is 7.44. The number of methoxy groups -OCH3 is 1. The third-order valence-corrected chi connectivity index (χ3v) is 6.56. The Morgan fingerprint density at radius 1 is 0.676 bits per heavy atom. The minimum atomic E-state index is -5.09. The third-order valence-electron chi connectivity index (χ3n) is 4.71. The summed E-state index contributed by atoms with van der Waals surface area (Å²) in [7, 11) is -19.1. The monoisotopic (exact) mass is 628 g/mol. The van der Waals surface area contributed by atoms with Crippen LogP contribution < -0.4 is 0 Å². The molecule has 2 fully saturated rings. The summed E-state index contributed by atoms with van der Waals surface area (Å²) in [5, 5.41) is 0. The molecule has 2 heterocycles. The molecule has 0 aromatic heterocycles. The number of hydrogen-bond donors (Lipinski definition) is 4. The number of ether oxygens (including phenoxy) is 4. The smallest absolute Gasteiger partial charge is 0.353 e. The van der Waals surface area contributed by atoms with E-state index in [2.05, 4.69) is 16.7 Å². The molecule has 0 radical (unpaired) electrons. The van der Waals surface area contributed by atoms with Crippen LogP contribution in [0.15, 0.2) is 0 Å². The first kappa shape index (κ1) is 32.5. The summed E-state index contributed by atoms with van der Waals surface area (Å²) >= 11 is 0. The van der Waals surface area contributed by atoms with Crippen molar-refractivity contribution >= 4 is 41.6 Å². The summed E-state index contributed by atoms with van der Waals surface area (Å²) in [4.78, 5) is 0. The Kier molecular flexibility index (Phi) is 11.1. The molecule has 24 heteroatoms. The lowest BCUT2D eigenvalue weighted by molar-refractivity contribution is -0.310. The van der Waals surface area contributed by atoms with Crippen LogP contribution in [0.4, 0.5) is 0 Å². The maximum Gasteiger partial charge on any atom is 0.397 e. The molecule has 0 aromatic rings. The van der Waals surface area contributed by atoms with Gasteiger partial charge in [-0.3, -0.25) is 18.2 Å². The van der Waals surface area contributed by atoms with Gasteiger partial charge in [-0.1, -0.05) is 0 Å². The van der Waals surface area contributed by atoms with Crippen molar-refractivity contribution in [2.45, 2.75) is 62.4 Å². The lowest BCUT2D eigenvalue weighted by atomic mass is 10.0. The van der Waals surface area contributed by atoms with E-state index < -0.39 is 104 Å². The SMILES string of the molecule is CO[C@@H]1O[C@@H](COS(=O)(=O)O)[C@@H](O[C@@H]2OC(COS(=O)(=O)O)CCC2OS(=O)(=O)O)CC1OS(=O)(=O)O. The maximum absolute atomic E-state index is 11.3. The first-order chi connectivity index (χ1) is 16.7. The first-order valence-electron chi connectivity index (χ1n) is 9.79. The van der Waals surface area contributed by atoms with E-state index >= 15 is 0 Å². The molecule has 4 N–H and O–H groups in total. The van der Waals surface area contributed by atoms with Gasteiger partial charge >= 0.3 is 41.6 Å². The highest BCUT2D eigenvalue weighted by atomic mass is 32.3. The molecule has 2 aliphatic heterocycles. The van der Waals surface area contributed by atoms with Crippen LogP contribution in [0.1, 0.15) is 19.3 Å². The van der Waals surface area contributed by atoms with Crippen molar-refractivity contribution in [3.8, 4) is 0 Å². The van der Waals surface area contributed by atoms with Crippen LogP contribution in [0, 0.1) is 0 Å². The van der Waals surface area contributed by atoms with Crippen LogP contribution in [0.3, 0.4) is 0 Å². The molecule has 0 amide bonds. The molecule has 37 heavy (non-hydrogen) atoms. The van der Waals surface area contributed by atoms with Gasteiger partial charge in [0.2, 0.25) is 0 Å². The Hall–Kier alpha value is -0.680. The van der Waals surface area contributed by atoms with Crippen LogP contribution >= 0.6 is 0 Å². The Morgan fingerprint density at radius 3 is 1.73 bits per heavy atom. The van der Waals surface area contributed by atoms with Crippen LogP contribution in [0.25, 0.3) is 0 Å². The summed E-state index contributed by atoms with van der Waals surface area (Å²) in [6, 6.07) is 0. The van der Waals surface area contributed by atoms with Gasteiger partial charge in [0.15, 0.2) is 12.6 Å². The highest BCUT2D eigenvalue weighted by Gasteiger charge is 2.46. The fraction of sp³-hybridized carbons (Fsp3) is 1.00. The molecule has 2 rings (SSSR count). The molecule has 3 unspecified atom stereocenters. The van der Waals surface area contributed by atoms with Gasteiger partial charge in [0.1, 0.15) is 18.3 Å². The quantitative estimate of drug-likeness (QED) is 0.155. The summed E-state index contributed by atoms with van der Waals surface area (Å²) in [5.74, 6) is 0. The number of hydrogen-bond acceptors (Lipinski definition) is 16. The zero-order chi connectivity index (χ0) is 28.2. The Labute approximate surface area is 211 Å². The fourth-order valence-corrected chi connectivity index (χ4v) is 5.00. The van der Waals surface area contributed by atoms with Crippen molar-refractivity contribution in [2.24, 2.45) is 0 Å². The van der Waals surface area contributed by atoms with Crippen molar-refractivity contribution in [3.05, 3.63) is 0 Å². The minimum absolute atomic E-state index is 0.133. The van der Waals surface area contributed by atoms with Gasteiger partial charge in [-0.2, -0.15) is 33.7 Å². The lowest BCUT2D eigenvalue weighted by Crippen LogP contribution is -2.55. The van der Waals surface area contributed by atoms with Gasteiger partial charge in [0, 0.05) is 13.5 Å². The van der Waals surface area contributed by atoms with E-state index in [-0.39, 0.29) is 12.8 Å². The summed E-state index contributed by atoms with van der Waals surface area (Å²) in [5.41, 5.74) is 0. The standard InChI is InChI=1S/C13H24O20S4/c1-26-12-10(33-37(23,24)25)4-9(11(31-12)6-28-35(17,18)19)30-13-8(32-36(20,21)22)3-2-7(29-13)5-27-34(14,15)16/h7-13H,2-6H2,1H3,(H,14,15,16)(H,17,18,19)(H,20,21,22)(H,23,24,25)/t7?,8?,9-,10?,11-,12+,13-/m0/s1. The van der Waals surface area contributed by atoms with E-state index in [4.69, 9.17) is 37.2 Å². The van der Waals surface area contributed by atoms with Gasteiger partial charge in [0.25, 0.3) is 0 Å². The largest absolute Gasteiger partial charge is 0.397 e. The topological polar surface area (TPSA) is 291 Å². The highest BCUT2D eigenvalue weighted by molar-refractivity contribution is 7.81. The van der Waals surface area contributed by atoms with E-state index in [0.717, 1.165) is 7.11 Å². The van der Waals surface area contributed by atoms with Gasteiger partial charge in [-0.05, 0) is 12.8 Å². The summed E-state index contributed by atoms with van der Waals surface area (Å²) in [6.07, 6.45) is -11.8. The molecule has 0 aromatic carbocycles. The van der Waals surface area contributed by atoms with Crippen molar-refractivity contribution in [2.75, 3.05) is 20.3 Å². The second kappa shape index (κ2) is 12.7. The molecular formula is C13H24O20S4. The minimum Gasteiger partial charge on any atom is -0.353 e. The van der Waals surface area contributed by atoms with Crippen molar-refractivity contribution < 1.29 is 87.6 Å². The average molecular weight is 629 g/mol. The molecule has 7 atom stereocenters. The highest BCUT2D eigenvalue weighted by Crippen LogP contribution is 2.32. The van der Waals surface area contributed by atoms with Crippen molar-refractivity contribution in [1.82, 2.24) is 0 Å². The molecule has 0 aliphatic carbocycles. The van der Waals surface area contributed by atoms with Gasteiger partial charge in [-0.15, -0.1) is 0 Å². The normalized spacial score (nSPS) is 32.3. The molecule has 20 nitrogen and oxygen atoms in total. The molecule has 2 saturated heterocycles. The van der Waals surface area contributed by atoms with E-state index in [9.17, 15) is 33.7 Å². The second-order valence-corrected chi connectivity index (χ2v) is 11.7. The lowest BCUT2D eigenvalue weighted by Gasteiger charge is -2.42. The van der Waals surface area contributed by atoms with Crippen molar-refractivity contribution in [3.63, 3.8) is 0 Å². The molecule has 0 bridgehead atoms. The van der Waals surface area contributed by atoms with Crippen LogP contribution in [0.5, 0.6) is 0 Å². The summed E-state index contributed by atoms with van der Waals surface area (Å²) < 4.78 is 163. The van der Waals surface area contributed by atoms with Gasteiger partial charge < -0.3 is 18.9 Å². The Bertz CT molecular complexity index is 1180. The summed E-state index contributed by atoms with van der Waals surface area (Å²) in [6.45, 7) is -1.73. The molecule has 0 spiro atoms. The van der Waals surface area contributed by atoms with Crippen LogP contribution in [0.2, 0.25) is 0 Å². The van der Waals surface area contributed by atoms with Crippen LogP contribution in [-0.4, -0.2) is 115 Å². The van der Waals surface area contributed by atoms with E-state index in [1.54, 1.807) is 0 Å². The zero-order valence-electron chi connectivity index (χ0n) is 18.5. The predicted octanol–water partition coefficient (Wildman–Crippen LogP) is -2.35. The molecular weight excluding hydrogens is 604 g/mol. The predicted molar refractivity (Wildman–Crippen MR) is 111 cm³/mol. The van der Waals surface area contributed by atoms with E-state index in [1.807, 2.05) is 0 Å². The zero-order valence-corrected chi connectivity index (χ0v) is 21.8.